The van der Waals surface area contributed by atoms with Gasteiger partial charge in [0.05, 0.1) is 11.0 Å². The largest absolute Gasteiger partial charge is 0.384 e. The molecule has 3 aromatic rings. The van der Waals surface area contributed by atoms with Gasteiger partial charge >= 0.3 is 0 Å². The van der Waals surface area contributed by atoms with E-state index in [1.54, 1.807) is 12.4 Å². The Bertz CT molecular complexity index is 748. The first kappa shape index (κ1) is 12.8. The van der Waals surface area contributed by atoms with E-state index in [2.05, 4.69) is 16.0 Å². The first-order chi connectivity index (χ1) is 9.63. The zero-order chi connectivity index (χ0) is 14.1. The van der Waals surface area contributed by atoms with Crippen LogP contribution in [-0.4, -0.2) is 15.1 Å². The molecule has 0 aliphatic rings. The number of hydrogen-bond acceptors (Lipinski definition) is 3. The second kappa shape index (κ2) is 5.02. The molecule has 2 aromatic carbocycles. The molecule has 0 radical (unpaired) electrons. The number of nitrogens with zero attached hydrogens (tertiary/aromatic N) is 2. The Morgan fingerprint density at radius 1 is 0.800 bits per heavy atom. The zero-order valence-electron chi connectivity index (χ0n) is 11.5. The molecule has 3 rings (SSSR count). The maximum Gasteiger partial charge on any atom is 0.104 e. The Kier molecular flexibility index (Phi) is 3.20. The summed E-state index contributed by atoms with van der Waals surface area (Å²) >= 11 is 0. The monoisotopic (exact) mass is 264 g/mol. The highest BCUT2D eigenvalue weighted by molar-refractivity contribution is 5.74. The number of benzene rings is 2. The van der Waals surface area contributed by atoms with Gasteiger partial charge in [-0.15, -0.1) is 0 Å². The molecule has 1 unspecified atom stereocenters. The average Bonchev–Trinajstić information content (AvgIpc) is 2.45. The molecule has 0 bridgehead atoms. The minimum absolute atomic E-state index is 0.639. The summed E-state index contributed by atoms with van der Waals surface area (Å²) in [6, 6.07) is 11.8. The van der Waals surface area contributed by atoms with Crippen molar-refractivity contribution in [1.29, 1.82) is 0 Å². The lowest BCUT2D eigenvalue weighted by Crippen LogP contribution is -2.01. The molecule has 1 heterocycles. The van der Waals surface area contributed by atoms with E-state index in [1.165, 1.54) is 0 Å². The second-order valence-electron chi connectivity index (χ2n) is 5.13. The van der Waals surface area contributed by atoms with Crippen LogP contribution in [0.5, 0.6) is 0 Å². The number of aromatic nitrogens is 2. The van der Waals surface area contributed by atoms with Gasteiger partial charge in [-0.3, -0.25) is 9.97 Å². The minimum Gasteiger partial charge on any atom is -0.384 e. The molecule has 0 saturated carbocycles. The van der Waals surface area contributed by atoms with Gasteiger partial charge in [-0.25, -0.2) is 0 Å². The average molecular weight is 264 g/mol. The number of rotatable bonds is 2. The molecule has 1 aromatic heterocycles. The Morgan fingerprint density at radius 3 is 2.15 bits per heavy atom. The van der Waals surface area contributed by atoms with Crippen LogP contribution in [0.15, 0.2) is 48.8 Å². The molecular weight excluding hydrogens is 248 g/mol. The minimum atomic E-state index is -0.639. The van der Waals surface area contributed by atoms with E-state index in [9.17, 15) is 5.11 Å². The normalized spacial score (nSPS) is 12.6. The lowest BCUT2D eigenvalue weighted by molar-refractivity contribution is 0.220. The smallest absolute Gasteiger partial charge is 0.104 e. The third-order valence-corrected chi connectivity index (χ3v) is 3.37. The predicted molar refractivity (Wildman–Crippen MR) is 79.5 cm³/mol. The fourth-order valence-electron chi connectivity index (χ4n) is 2.51. The van der Waals surface area contributed by atoms with Crippen LogP contribution in [0.4, 0.5) is 0 Å². The molecule has 0 aliphatic heterocycles. The van der Waals surface area contributed by atoms with Crippen LogP contribution in [0.2, 0.25) is 0 Å². The SMILES string of the molecule is Cc1cc(C)cc(C(O)c2ccc3nccnc3c2)c1. The summed E-state index contributed by atoms with van der Waals surface area (Å²) < 4.78 is 0. The maximum atomic E-state index is 10.6. The Balaban J connectivity index is 2.05. The van der Waals surface area contributed by atoms with Crippen LogP contribution >= 0.6 is 0 Å². The highest BCUT2D eigenvalue weighted by Crippen LogP contribution is 2.25. The summed E-state index contributed by atoms with van der Waals surface area (Å²) in [5.74, 6) is 0. The van der Waals surface area contributed by atoms with Crippen molar-refractivity contribution < 1.29 is 5.11 Å². The number of fused-ring (bicyclic) bond motifs is 1. The lowest BCUT2D eigenvalue weighted by atomic mass is 9.97. The van der Waals surface area contributed by atoms with Gasteiger partial charge in [-0.05, 0) is 37.1 Å². The highest BCUT2D eigenvalue weighted by Gasteiger charge is 2.12. The van der Waals surface area contributed by atoms with Gasteiger partial charge < -0.3 is 5.11 Å². The Labute approximate surface area is 117 Å². The molecular formula is C17H16N2O. The standard InChI is InChI=1S/C17H16N2O/c1-11-7-12(2)9-14(8-11)17(20)13-3-4-15-16(10-13)19-6-5-18-15/h3-10,17,20H,1-2H3. The van der Waals surface area contributed by atoms with Gasteiger partial charge in [0.15, 0.2) is 0 Å². The Morgan fingerprint density at radius 2 is 1.45 bits per heavy atom. The highest BCUT2D eigenvalue weighted by atomic mass is 16.3. The predicted octanol–water partition coefficient (Wildman–Crippen LogP) is 3.33. The summed E-state index contributed by atoms with van der Waals surface area (Å²) in [4.78, 5) is 8.52. The topological polar surface area (TPSA) is 46.0 Å². The van der Waals surface area contributed by atoms with E-state index in [4.69, 9.17) is 0 Å². The molecule has 100 valence electrons. The Hall–Kier alpha value is -2.26. The van der Waals surface area contributed by atoms with E-state index < -0.39 is 6.10 Å². The molecule has 0 spiro atoms. The quantitative estimate of drug-likeness (QED) is 0.772. The second-order valence-corrected chi connectivity index (χ2v) is 5.13. The van der Waals surface area contributed by atoms with Gasteiger partial charge in [0, 0.05) is 12.4 Å². The molecule has 1 N–H and O–H groups in total. The van der Waals surface area contributed by atoms with Crippen molar-refractivity contribution in [2.24, 2.45) is 0 Å². The lowest BCUT2D eigenvalue weighted by Gasteiger charge is -2.13. The van der Waals surface area contributed by atoms with Crippen molar-refractivity contribution in [3.05, 3.63) is 71.0 Å². The zero-order valence-corrected chi connectivity index (χ0v) is 11.5. The maximum absolute atomic E-state index is 10.6. The molecule has 20 heavy (non-hydrogen) atoms. The molecule has 0 saturated heterocycles. The fraction of sp³-hybridized carbons (Fsp3) is 0.176. The summed E-state index contributed by atoms with van der Waals surface area (Å²) in [5, 5.41) is 10.6. The summed E-state index contributed by atoms with van der Waals surface area (Å²) in [6.07, 6.45) is 2.69. The van der Waals surface area contributed by atoms with Crippen LogP contribution in [0, 0.1) is 13.8 Å². The number of aliphatic hydroxyl groups is 1. The van der Waals surface area contributed by atoms with Crippen LogP contribution in [0.25, 0.3) is 11.0 Å². The van der Waals surface area contributed by atoms with Gasteiger partial charge in [0.1, 0.15) is 6.10 Å². The van der Waals surface area contributed by atoms with Gasteiger partial charge in [0.25, 0.3) is 0 Å². The van der Waals surface area contributed by atoms with E-state index in [0.717, 1.165) is 33.3 Å². The van der Waals surface area contributed by atoms with Crippen LogP contribution in [0.1, 0.15) is 28.4 Å². The van der Waals surface area contributed by atoms with E-state index in [-0.39, 0.29) is 0 Å². The molecule has 3 nitrogen and oxygen atoms in total. The van der Waals surface area contributed by atoms with Gasteiger partial charge in [-0.2, -0.15) is 0 Å². The molecule has 0 aliphatic carbocycles. The number of aliphatic hydroxyl groups excluding tert-OH is 1. The van der Waals surface area contributed by atoms with Crippen molar-refractivity contribution in [2.75, 3.05) is 0 Å². The summed E-state index contributed by atoms with van der Waals surface area (Å²) in [6.45, 7) is 4.07. The number of aryl methyl sites for hydroxylation is 2. The molecule has 0 fully saturated rings. The van der Waals surface area contributed by atoms with Crippen molar-refractivity contribution >= 4 is 11.0 Å². The third-order valence-electron chi connectivity index (χ3n) is 3.37. The van der Waals surface area contributed by atoms with E-state index in [1.807, 2.05) is 44.2 Å². The van der Waals surface area contributed by atoms with Crippen molar-refractivity contribution in [2.45, 2.75) is 20.0 Å². The summed E-state index contributed by atoms with van der Waals surface area (Å²) in [5.41, 5.74) is 5.69. The van der Waals surface area contributed by atoms with Crippen LogP contribution < -0.4 is 0 Å². The van der Waals surface area contributed by atoms with Crippen LogP contribution in [0.3, 0.4) is 0 Å². The number of hydrogen-bond donors (Lipinski definition) is 1. The molecule has 3 heteroatoms. The fourth-order valence-corrected chi connectivity index (χ4v) is 2.51. The van der Waals surface area contributed by atoms with Crippen molar-refractivity contribution in [3.63, 3.8) is 0 Å². The third kappa shape index (κ3) is 2.40. The van der Waals surface area contributed by atoms with Gasteiger partial charge in [-0.1, -0.05) is 35.4 Å². The first-order valence-electron chi connectivity index (χ1n) is 6.60. The first-order valence-corrected chi connectivity index (χ1v) is 6.60. The van der Waals surface area contributed by atoms with E-state index >= 15 is 0 Å². The molecule has 1 atom stereocenters. The van der Waals surface area contributed by atoms with Crippen molar-refractivity contribution in [1.82, 2.24) is 9.97 Å². The summed E-state index contributed by atoms with van der Waals surface area (Å²) in [7, 11) is 0. The molecule has 0 amide bonds. The van der Waals surface area contributed by atoms with E-state index in [0.29, 0.717) is 0 Å². The van der Waals surface area contributed by atoms with Gasteiger partial charge in [0.2, 0.25) is 0 Å². The van der Waals surface area contributed by atoms with Crippen LogP contribution in [-0.2, 0) is 0 Å². The van der Waals surface area contributed by atoms with Crippen molar-refractivity contribution in [3.8, 4) is 0 Å².